The number of ketones is 1. The Hall–Kier alpha value is -3.17. The number of amides is 1. The normalized spacial score (nSPS) is 22.8. The highest BCUT2D eigenvalue weighted by atomic mass is 16.6. The van der Waals surface area contributed by atoms with Crippen LogP contribution in [0.3, 0.4) is 0 Å². The van der Waals surface area contributed by atoms with Crippen molar-refractivity contribution in [2.45, 2.75) is 38.5 Å². The largest absolute Gasteiger partial charge is 0.445 e. The van der Waals surface area contributed by atoms with Crippen molar-refractivity contribution >= 4 is 11.9 Å². The van der Waals surface area contributed by atoms with Gasteiger partial charge in [-0.1, -0.05) is 30.3 Å². The summed E-state index contributed by atoms with van der Waals surface area (Å²) in [6.07, 6.45) is 0.752. The van der Waals surface area contributed by atoms with Crippen molar-refractivity contribution in [1.82, 2.24) is 4.90 Å². The maximum atomic E-state index is 13.2. The first-order valence-corrected chi connectivity index (χ1v) is 10.2. The van der Waals surface area contributed by atoms with E-state index in [-0.39, 0.29) is 36.5 Å². The number of hydrogen-bond donors (Lipinski definition) is 0. The molecule has 30 heavy (non-hydrogen) atoms. The SMILES string of the molecule is Cc1cc(C#N)ccc1C(=O)C1CC2COCC(C1)N2C(=O)OCc1ccccc1. The van der Waals surface area contributed by atoms with Gasteiger partial charge in [0.15, 0.2) is 5.78 Å². The summed E-state index contributed by atoms with van der Waals surface area (Å²) in [5.41, 5.74) is 2.95. The number of nitrogens with zero attached hydrogens (tertiary/aromatic N) is 2. The third-order valence-corrected chi connectivity index (χ3v) is 5.93. The molecule has 0 saturated carbocycles. The topological polar surface area (TPSA) is 79.6 Å². The summed E-state index contributed by atoms with van der Waals surface area (Å²) in [6.45, 7) is 2.90. The Morgan fingerprint density at radius 2 is 1.83 bits per heavy atom. The fourth-order valence-electron chi connectivity index (χ4n) is 4.45. The number of Topliss-reactive ketones (excluding diaryl/α,β-unsaturated/α-hetero) is 1. The monoisotopic (exact) mass is 404 g/mol. The van der Waals surface area contributed by atoms with E-state index in [0.717, 1.165) is 11.1 Å². The molecule has 154 valence electrons. The van der Waals surface area contributed by atoms with E-state index in [2.05, 4.69) is 6.07 Å². The first kappa shape index (κ1) is 20.1. The highest BCUT2D eigenvalue weighted by Gasteiger charge is 2.44. The van der Waals surface area contributed by atoms with Crippen molar-refractivity contribution in [2.75, 3.05) is 13.2 Å². The van der Waals surface area contributed by atoms with Gasteiger partial charge >= 0.3 is 6.09 Å². The van der Waals surface area contributed by atoms with Gasteiger partial charge in [0.25, 0.3) is 0 Å². The molecule has 1 amide bonds. The molecule has 2 saturated heterocycles. The molecular weight excluding hydrogens is 380 g/mol. The number of aryl methyl sites for hydroxylation is 1. The van der Waals surface area contributed by atoms with Crippen LogP contribution in [0.4, 0.5) is 4.79 Å². The number of nitriles is 1. The number of carbonyl (C=O) groups excluding carboxylic acids is 2. The molecule has 0 N–H and O–H groups in total. The highest BCUT2D eigenvalue weighted by molar-refractivity contribution is 5.99. The van der Waals surface area contributed by atoms with Gasteiger partial charge in [0.05, 0.1) is 36.9 Å². The molecule has 0 aliphatic carbocycles. The summed E-state index contributed by atoms with van der Waals surface area (Å²) >= 11 is 0. The number of hydrogen-bond acceptors (Lipinski definition) is 5. The van der Waals surface area contributed by atoms with Gasteiger partial charge in [-0.05, 0) is 49.1 Å². The quantitative estimate of drug-likeness (QED) is 0.723. The minimum Gasteiger partial charge on any atom is -0.445 e. The first-order chi connectivity index (χ1) is 14.6. The summed E-state index contributed by atoms with van der Waals surface area (Å²) in [4.78, 5) is 27.7. The standard InChI is InChI=1S/C24H24N2O4/c1-16-9-18(12-25)7-8-22(16)23(27)19-10-20-14-29-15-21(11-19)26(20)24(28)30-13-17-5-3-2-4-6-17/h2-9,19-21H,10-11,13-15H2,1H3. The molecule has 0 radical (unpaired) electrons. The Labute approximate surface area is 176 Å². The molecule has 2 aromatic carbocycles. The minimum atomic E-state index is -0.349. The van der Waals surface area contributed by atoms with Gasteiger partial charge in [-0.25, -0.2) is 4.79 Å². The van der Waals surface area contributed by atoms with Crippen molar-refractivity contribution in [3.8, 4) is 6.07 Å². The molecule has 2 bridgehead atoms. The van der Waals surface area contributed by atoms with Crippen molar-refractivity contribution in [1.29, 1.82) is 5.26 Å². The van der Waals surface area contributed by atoms with Crippen LogP contribution in [0.2, 0.25) is 0 Å². The van der Waals surface area contributed by atoms with Crippen LogP contribution in [-0.4, -0.2) is 42.1 Å². The van der Waals surface area contributed by atoms with Gasteiger partial charge < -0.3 is 9.47 Å². The molecule has 4 rings (SSSR count). The van der Waals surface area contributed by atoms with Crippen LogP contribution in [0.15, 0.2) is 48.5 Å². The number of ether oxygens (including phenoxy) is 2. The van der Waals surface area contributed by atoms with Gasteiger partial charge in [0.1, 0.15) is 6.61 Å². The summed E-state index contributed by atoms with van der Waals surface area (Å²) in [5.74, 6) is -0.0973. The van der Waals surface area contributed by atoms with Gasteiger partial charge in [0, 0.05) is 11.5 Å². The molecule has 0 spiro atoms. The number of benzene rings is 2. The van der Waals surface area contributed by atoms with Gasteiger partial charge in [0.2, 0.25) is 0 Å². The van der Waals surface area contributed by atoms with Crippen LogP contribution in [-0.2, 0) is 16.1 Å². The lowest BCUT2D eigenvalue weighted by molar-refractivity contribution is -0.0755. The molecule has 6 heteroatoms. The maximum absolute atomic E-state index is 13.2. The van der Waals surface area contributed by atoms with E-state index in [0.29, 0.717) is 37.2 Å². The lowest BCUT2D eigenvalue weighted by Crippen LogP contribution is -2.59. The second-order valence-corrected chi connectivity index (χ2v) is 7.97. The van der Waals surface area contributed by atoms with Crippen LogP contribution < -0.4 is 0 Å². The average molecular weight is 404 g/mol. The third-order valence-electron chi connectivity index (χ3n) is 5.93. The number of fused-ring (bicyclic) bond motifs is 2. The second kappa shape index (κ2) is 8.68. The summed E-state index contributed by atoms with van der Waals surface area (Å²) in [7, 11) is 0. The van der Waals surface area contributed by atoms with Crippen molar-refractivity contribution < 1.29 is 19.1 Å². The predicted molar refractivity (Wildman–Crippen MR) is 110 cm³/mol. The summed E-state index contributed by atoms with van der Waals surface area (Å²) < 4.78 is 11.2. The molecule has 2 heterocycles. The Morgan fingerprint density at radius 3 is 2.47 bits per heavy atom. The summed E-state index contributed by atoms with van der Waals surface area (Å²) in [6, 6.07) is 16.5. The van der Waals surface area contributed by atoms with Crippen LogP contribution in [0.1, 0.15) is 39.9 Å². The fourth-order valence-corrected chi connectivity index (χ4v) is 4.45. The number of morpholine rings is 1. The van der Waals surface area contributed by atoms with Crippen molar-refractivity contribution in [2.24, 2.45) is 5.92 Å². The third kappa shape index (κ3) is 4.07. The summed E-state index contributed by atoms with van der Waals surface area (Å²) in [5, 5.41) is 9.05. The average Bonchev–Trinajstić information content (AvgIpc) is 2.76. The number of piperidine rings is 1. The van der Waals surface area contributed by atoms with Crippen molar-refractivity contribution in [3.63, 3.8) is 0 Å². The lowest BCUT2D eigenvalue weighted by atomic mass is 9.80. The molecule has 2 aliphatic rings. The van der Waals surface area contributed by atoms with E-state index in [1.807, 2.05) is 37.3 Å². The predicted octanol–water partition coefficient (Wildman–Crippen LogP) is 3.87. The second-order valence-electron chi connectivity index (χ2n) is 7.97. The number of carbonyl (C=O) groups is 2. The highest BCUT2D eigenvalue weighted by Crippen LogP contribution is 2.34. The minimum absolute atomic E-state index is 0.0752. The first-order valence-electron chi connectivity index (χ1n) is 10.2. The molecule has 6 nitrogen and oxygen atoms in total. The van der Waals surface area contributed by atoms with E-state index >= 15 is 0 Å². The zero-order valence-electron chi connectivity index (χ0n) is 16.9. The van der Waals surface area contributed by atoms with E-state index in [1.165, 1.54) is 0 Å². The van der Waals surface area contributed by atoms with Crippen LogP contribution >= 0.6 is 0 Å². The molecule has 2 fully saturated rings. The van der Waals surface area contributed by atoms with Crippen LogP contribution in [0.5, 0.6) is 0 Å². The maximum Gasteiger partial charge on any atom is 0.410 e. The Bertz CT molecular complexity index is 968. The van der Waals surface area contributed by atoms with Crippen LogP contribution in [0.25, 0.3) is 0 Å². The van der Waals surface area contributed by atoms with E-state index in [4.69, 9.17) is 14.7 Å². The molecule has 2 atom stereocenters. The van der Waals surface area contributed by atoms with Crippen molar-refractivity contribution in [3.05, 3.63) is 70.8 Å². The molecule has 2 unspecified atom stereocenters. The van der Waals surface area contributed by atoms with Gasteiger partial charge in [-0.15, -0.1) is 0 Å². The Kier molecular flexibility index (Phi) is 5.82. The van der Waals surface area contributed by atoms with E-state index in [1.54, 1.807) is 23.1 Å². The molecular formula is C24H24N2O4. The fraction of sp³-hybridized carbons (Fsp3) is 0.375. The van der Waals surface area contributed by atoms with Crippen LogP contribution in [0, 0.1) is 24.2 Å². The molecule has 2 aliphatic heterocycles. The van der Waals surface area contributed by atoms with E-state index < -0.39 is 0 Å². The zero-order chi connectivity index (χ0) is 21.1. The van der Waals surface area contributed by atoms with Gasteiger partial charge in [-0.2, -0.15) is 5.26 Å². The number of rotatable bonds is 4. The van der Waals surface area contributed by atoms with E-state index in [9.17, 15) is 9.59 Å². The molecule has 0 aromatic heterocycles. The Morgan fingerprint density at radius 1 is 1.13 bits per heavy atom. The lowest BCUT2D eigenvalue weighted by Gasteiger charge is -2.47. The smallest absolute Gasteiger partial charge is 0.410 e. The Balaban J connectivity index is 1.45. The van der Waals surface area contributed by atoms with Gasteiger partial charge in [-0.3, -0.25) is 9.69 Å². The zero-order valence-corrected chi connectivity index (χ0v) is 16.9. The molecule has 2 aromatic rings.